The monoisotopic (exact) mass is 649 g/mol. The number of carbonyl (C=O) groups is 1. The van der Waals surface area contributed by atoms with E-state index in [1.807, 2.05) is 61.8 Å². The van der Waals surface area contributed by atoms with Crippen LogP contribution in [0.1, 0.15) is 25.0 Å². The second-order valence-electron chi connectivity index (χ2n) is 12.5. The van der Waals surface area contributed by atoms with Crippen LogP contribution in [0.25, 0.3) is 33.5 Å². The number of nitrogens with zero attached hydrogens (tertiary/aromatic N) is 7. The summed E-state index contributed by atoms with van der Waals surface area (Å²) in [6.45, 7) is 5.60. The molecule has 4 aromatic heterocycles. The molecule has 3 N–H and O–H groups in total. The van der Waals surface area contributed by atoms with Gasteiger partial charge in [0.05, 0.1) is 11.6 Å². The molecule has 2 atom stereocenters. The summed E-state index contributed by atoms with van der Waals surface area (Å²) in [5.74, 6) is 1.81. The highest BCUT2D eigenvalue weighted by Crippen LogP contribution is 2.37. The average Bonchev–Trinajstić information content (AvgIpc) is 3.73. The number of aromatic nitrogens is 6. The van der Waals surface area contributed by atoms with E-state index in [2.05, 4.69) is 45.2 Å². The number of likely N-dealkylation sites (tertiary alicyclic amines) is 1. The maximum Gasteiger partial charge on any atom is 0.241 e. The lowest BCUT2D eigenvalue weighted by atomic mass is 9.91. The second-order valence-corrected chi connectivity index (χ2v) is 13.7. The largest absolute Gasteiger partial charge is 0.392 e. The zero-order valence-corrected chi connectivity index (χ0v) is 27.5. The van der Waals surface area contributed by atoms with Crippen LogP contribution in [0.15, 0.2) is 73.3 Å². The number of aryl methyl sites for hydroxylation is 1. The molecule has 0 radical (unpaired) electrons. The van der Waals surface area contributed by atoms with Crippen LogP contribution in [0.2, 0.25) is 0 Å². The van der Waals surface area contributed by atoms with Crippen LogP contribution in [0.5, 0.6) is 0 Å². The highest BCUT2D eigenvalue weighted by molar-refractivity contribution is 8.00. The molecule has 12 heteroatoms. The molecule has 7 rings (SSSR count). The number of thioether (sulfide) groups is 1. The highest BCUT2D eigenvalue weighted by atomic mass is 32.2. The van der Waals surface area contributed by atoms with Gasteiger partial charge in [-0.1, -0.05) is 0 Å². The minimum absolute atomic E-state index is 0.00297. The van der Waals surface area contributed by atoms with E-state index < -0.39 is 10.9 Å². The molecule has 47 heavy (non-hydrogen) atoms. The van der Waals surface area contributed by atoms with Gasteiger partial charge in [-0.05, 0) is 86.9 Å². The van der Waals surface area contributed by atoms with Gasteiger partial charge in [0.15, 0.2) is 5.82 Å². The number of anilines is 2. The first-order valence-corrected chi connectivity index (χ1v) is 17.3. The van der Waals surface area contributed by atoms with Crippen molar-refractivity contribution in [2.24, 2.45) is 5.92 Å². The van der Waals surface area contributed by atoms with E-state index in [1.165, 1.54) is 0 Å². The Bertz CT molecular complexity index is 1840. The number of hydrogen-bond donors (Lipinski definition) is 3. The molecule has 5 aromatic rings. The molecule has 2 aliphatic rings. The van der Waals surface area contributed by atoms with E-state index in [-0.39, 0.29) is 11.8 Å². The molecular weight excluding hydrogens is 611 g/mol. The molecule has 2 aliphatic heterocycles. The molecule has 2 saturated heterocycles. The van der Waals surface area contributed by atoms with Gasteiger partial charge in [-0.3, -0.25) is 19.8 Å². The summed E-state index contributed by atoms with van der Waals surface area (Å²) in [7, 11) is 0. The second kappa shape index (κ2) is 13.4. The minimum Gasteiger partial charge on any atom is -0.392 e. The van der Waals surface area contributed by atoms with Gasteiger partial charge in [0.2, 0.25) is 5.91 Å². The number of rotatable bonds is 9. The van der Waals surface area contributed by atoms with Gasteiger partial charge in [0.25, 0.3) is 0 Å². The van der Waals surface area contributed by atoms with Gasteiger partial charge < -0.3 is 15.3 Å². The van der Waals surface area contributed by atoms with E-state index >= 15 is 0 Å². The van der Waals surface area contributed by atoms with Crippen molar-refractivity contribution in [2.45, 2.75) is 37.0 Å². The van der Waals surface area contributed by atoms with Crippen LogP contribution in [0.3, 0.4) is 0 Å². The van der Waals surface area contributed by atoms with Crippen molar-refractivity contribution < 1.29 is 9.90 Å². The van der Waals surface area contributed by atoms with Crippen molar-refractivity contribution in [3.8, 4) is 22.6 Å². The van der Waals surface area contributed by atoms with Crippen LogP contribution in [-0.2, 0) is 4.79 Å². The summed E-state index contributed by atoms with van der Waals surface area (Å²) in [6, 6.07) is 15.6. The third-order valence-electron chi connectivity index (χ3n) is 9.53. The van der Waals surface area contributed by atoms with E-state index in [0.717, 1.165) is 83.8 Å². The van der Waals surface area contributed by atoms with Crippen LogP contribution in [0.4, 0.5) is 11.5 Å². The Kier molecular flexibility index (Phi) is 8.89. The number of pyridine rings is 2. The number of aliphatic hydroxyl groups is 1. The number of amides is 1. The Hall–Kier alpha value is -4.39. The SMILES string of the molecule is CS[C@@]1(C(=O)Nc2ccc3[nH]nc(-c4ccnc(C)c4)c3c2)CCN(CC(O)C2CCN(c3ccc(-c4ncccn4)cn3)CC2)C1. The smallest absolute Gasteiger partial charge is 0.241 e. The van der Waals surface area contributed by atoms with Crippen LogP contribution < -0.4 is 10.2 Å². The van der Waals surface area contributed by atoms with Gasteiger partial charge >= 0.3 is 0 Å². The Morgan fingerprint density at radius 1 is 1.04 bits per heavy atom. The maximum absolute atomic E-state index is 13.8. The lowest BCUT2D eigenvalue weighted by Crippen LogP contribution is -2.45. The summed E-state index contributed by atoms with van der Waals surface area (Å²) in [5, 5.41) is 23.1. The maximum atomic E-state index is 13.8. The van der Waals surface area contributed by atoms with Crippen LogP contribution >= 0.6 is 11.8 Å². The number of carbonyl (C=O) groups excluding carboxylic acids is 1. The topological polar surface area (TPSA) is 136 Å². The Morgan fingerprint density at radius 3 is 2.62 bits per heavy atom. The number of benzene rings is 1. The fourth-order valence-corrected chi connectivity index (χ4v) is 7.63. The van der Waals surface area contributed by atoms with Gasteiger partial charge in [-0.25, -0.2) is 15.0 Å². The summed E-state index contributed by atoms with van der Waals surface area (Å²) in [4.78, 5) is 35.9. The van der Waals surface area contributed by atoms with Gasteiger partial charge in [0.1, 0.15) is 16.3 Å². The van der Waals surface area contributed by atoms with Gasteiger partial charge in [0, 0.05) is 85.4 Å². The quantitative estimate of drug-likeness (QED) is 0.204. The van der Waals surface area contributed by atoms with E-state index in [0.29, 0.717) is 18.9 Å². The first kappa shape index (κ1) is 31.2. The predicted octanol–water partition coefficient (Wildman–Crippen LogP) is 4.81. The molecule has 1 aromatic carbocycles. The van der Waals surface area contributed by atoms with Crippen molar-refractivity contribution in [3.05, 3.63) is 79.0 Å². The molecule has 11 nitrogen and oxygen atoms in total. The number of aliphatic hydroxyl groups excluding tert-OH is 1. The summed E-state index contributed by atoms with van der Waals surface area (Å²) in [6.07, 6.45) is 11.2. The molecule has 0 bridgehead atoms. The fourth-order valence-electron chi connectivity index (χ4n) is 6.79. The number of hydrogen-bond acceptors (Lipinski definition) is 10. The Balaban J connectivity index is 0.939. The predicted molar refractivity (Wildman–Crippen MR) is 186 cm³/mol. The van der Waals surface area contributed by atoms with E-state index in [4.69, 9.17) is 0 Å². The van der Waals surface area contributed by atoms with E-state index in [9.17, 15) is 9.90 Å². The van der Waals surface area contributed by atoms with Crippen LogP contribution in [0, 0.1) is 12.8 Å². The molecule has 1 unspecified atom stereocenters. The molecular formula is C35H39N9O2S. The summed E-state index contributed by atoms with van der Waals surface area (Å²) < 4.78 is -0.581. The fraction of sp³-hybridized carbons (Fsp3) is 0.371. The Morgan fingerprint density at radius 2 is 1.87 bits per heavy atom. The zero-order valence-electron chi connectivity index (χ0n) is 26.6. The number of fused-ring (bicyclic) bond motifs is 1. The molecule has 1 amide bonds. The van der Waals surface area contributed by atoms with Crippen molar-refractivity contribution in [3.63, 3.8) is 0 Å². The Labute approximate surface area is 278 Å². The standard InChI is InChI=1S/C35H39N9O2S/c1-23-18-25(8-14-36-23)32-28-19-27(5-6-29(28)41-42-32)40-34(46)35(47-2)11-17-43(22-35)21-30(45)24-9-15-44(16-10-24)31-7-4-26(20-39-31)33-37-12-3-13-38-33/h3-8,12-14,18-20,24,30,45H,9-11,15-17,21-22H2,1-2H3,(H,40,46)(H,41,42)/t30?,35-/m0/s1. The number of aromatic amines is 1. The van der Waals surface area contributed by atoms with Crippen molar-refractivity contribution in [2.75, 3.05) is 49.2 Å². The minimum atomic E-state index is -0.581. The zero-order chi connectivity index (χ0) is 32.4. The molecule has 0 spiro atoms. The van der Waals surface area contributed by atoms with Gasteiger partial charge in [-0.2, -0.15) is 5.10 Å². The molecule has 6 heterocycles. The van der Waals surface area contributed by atoms with Crippen molar-refractivity contribution >= 4 is 40.1 Å². The highest BCUT2D eigenvalue weighted by Gasteiger charge is 2.45. The number of β-amino-alcohol motifs (C(OH)–C–C–N with tert-alkyl or cyclic N) is 1. The normalized spacial score (nSPS) is 19.7. The van der Waals surface area contributed by atoms with Crippen LogP contribution in [-0.4, -0.2) is 95.9 Å². The molecule has 242 valence electrons. The third kappa shape index (κ3) is 6.58. The van der Waals surface area contributed by atoms with Crippen molar-refractivity contribution in [1.82, 2.24) is 35.0 Å². The first-order chi connectivity index (χ1) is 22.9. The molecule has 0 saturated carbocycles. The van der Waals surface area contributed by atoms with E-state index in [1.54, 1.807) is 36.4 Å². The number of nitrogens with one attached hydrogen (secondary N) is 2. The third-order valence-corrected chi connectivity index (χ3v) is 10.8. The molecule has 2 fully saturated rings. The number of H-pyrrole nitrogens is 1. The summed E-state index contributed by atoms with van der Waals surface area (Å²) in [5.41, 5.74) is 5.28. The van der Waals surface area contributed by atoms with Crippen molar-refractivity contribution in [1.29, 1.82) is 0 Å². The molecule has 0 aliphatic carbocycles. The summed E-state index contributed by atoms with van der Waals surface area (Å²) >= 11 is 1.60. The lowest BCUT2D eigenvalue weighted by Gasteiger charge is -2.36. The lowest BCUT2D eigenvalue weighted by molar-refractivity contribution is -0.118. The first-order valence-electron chi connectivity index (χ1n) is 16.1. The average molecular weight is 650 g/mol. The van der Waals surface area contributed by atoms with Gasteiger partial charge in [-0.15, -0.1) is 11.8 Å². The number of piperidine rings is 1.